The van der Waals surface area contributed by atoms with Gasteiger partial charge in [-0.15, -0.1) is 0 Å². The van der Waals surface area contributed by atoms with E-state index in [1.807, 2.05) is 12.1 Å². The van der Waals surface area contributed by atoms with Gasteiger partial charge in [-0.1, -0.05) is 6.07 Å². The second-order valence-corrected chi connectivity index (χ2v) is 9.59. The number of fused-ring (bicyclic) bond motifs is 2. The molecule has 1 amide bonds. The van der Waals surface area contributed by atoms with Crippen molar-refractivity contribution in [1.82, 2.24) is 9.97 Å². The number of aliphatic hydroxyl groups excluding tert-OH is 1. The van der Waals surface area contributed by atoms with Crippen molar-refractivity contribution in [3.63, 3.8) is 0 Å². The predicted molar refractivity (Wildman–Crippen MR) is 125 cm³/mol. The maximum absolute atomic E-state index is 12.0. The molecule has 3 N–H and O–H groups in total. The Morgan fingerprint density at radius 1 is 1.12 bits per heavy atom. The third-order valence-electron chi connectivity index (χ3n) is 7.52. The van der Waals surface area contributed by atoms with Gasteiger partial charge in [-0.3, -0.25) is 14.8 Å². The van der Waals surface area contributed by atoms with E-state index in [4.69, 9.17) is 10.7 Å². The summed E-state index contributed by atoms with van der Waals surface area (Å²) in [5.41, 5.74) is 12.8. The Kier molecular flexibility index (Phi) is 4.47. The summed E-state index contributed by atoms with van der Waals surface area (Å²) in [6, 6.07) is 10.4. The van der Waals surface area contributed by atoms with Crippen molar-refractivity contribution in [3.8, 4) is 11.1 Å². The molecule has 2 aromatic heterocycles. The fourth-order valence-electron chi connectivity index (χ4n) is 5.51. The van der Waals surface area contributed by atoms with Gasteiger partial charge in [0.1, 0.15) is 0 Å². The lowest BCUT2D eigenvalue weighted by Crippen LogP contribution is -2.29. The average molecular weight is 429 g/mol. The van der Waals surface area contributed by atoms with Crippen molar-refractivity contribution in [2.45, 2.75) is 56.5 Å². The molecule has 3 aromatic rings. The third-order valence-corrected chi connectivity index (χ3v) is 7.52. The number of pyridine rings is 2. The molecule has 2 fully saturated rings. The SMILES string of the molecule is NC(=O)C1(c2cc(-c3ccc4nc5c(c(N6CC[C@H](O)C6)c4c3)CCCC5)ccn2)CC1. The van der Waals surface area contributed by atoms with Crippen LogP contribution in [0.1, 0.15) is 49.1 Å². The molecule has 164 valence electrons. The third kappa shape index (κ3) is 3.08. The molecule has 1 saturated carbocycles. The number of benzene rings is 1. The number of aliphatic hydroxyl groups is 1. The summed E-state index contributed by atoms with van der Waals surface area (Å²) < 4.78 is 0. The number of anilines is 1. The van der Waals surface area contributed by atoms with Gasteiger partial charge < -0.3 is 15.7 Å². The van der Waals surface area contributed by atoms with Crippen molar-refractivity contribution in [2.75, 3.05) is 18.0 Å². The van der Waals surface area contributed by atoms with Crippen LogP contribution in [-0.2, 0) is 23.1 Å². The highest BCUT2D eigenvalue weighted by Gasteiger charge is 2.51. The van der Waals surface area contributed by atoms with Gasteiger partial charge in [0.15, 0.2) is 0 Å². The van der Waals surface area contributed by atoms with E-state index in [2.05, 4.69) is 28.1 Å². The quantitative estimate of drug-likeness (QED) is 0.665. The Morgan fingerprint density at radius 2 is 1.94 bits per heavy atom. The Hall–Kier alpha value is -2.99. The summed E-state index contributed by atoms with van der Waals surface area (Å²) in [5.74, 6) is -0.286. The normalized spacial score (nSPS) is 21.5. The number of hydrogen-bond donors (Lipinski definition) is 2. The zero-order valence-corrected chi connectivity index (χ0v) is 18.2. The Balaban J connectivity index is 1.50. The molecule has 1 atom stereocenters. The minimum atomic E-state index is -0.593. The first-order chi connectivity index (χ1) is 15.5. The molecular weight excluding hydrogens is 400 g/mol. The number of carbonyl (C=O) groups excluding carboxylic acids is 1. The topological polar surface area (TPSA) is 92.3 Å². The van der Waals surface area contributed by atoms with Crippen LogP contribution in [0.25, 0.3) is 22.0 Å². The Labute approximate surface area is 187 Å². The lowest BCUT2D eigenvalue weighted by atomic mass is 9.91. The second kappa shape index (κ2) is 7.27. The number of aromatic nitrogens is 2. The minimum absolute atomic E-state index is 0.271. The second-order valence-electron chi connectivity index (χ2n) is 9.59. The van der Waals surface area contributed by atoms with E-state index in [0.29, 0.717) is 6.54 Å². The van der Waals surface area contributed by atoms with Gasteiger partial charge in [-0.2, -0.15) is 0 Å². The summed E-state index contributed by atoms with van der Waals surface area (Å²) in [6.45, 7) is 1.55. The molecule has 6 rings (SSSR count). The lowest BCUT2D eigenvalue weighted by molar-refractivity contribution is -0.120. The van der Waals surface area contributed by atoms with E-state index in [0.717, 1.165) is 66.4 Å². The number of nitrogens with two attached hydrogens (primary N) is 1. The van der Waals surface area contributed by atoms with Gasteiger partial charge in [0.2, 0.25) is 5.91 Å². The van der Waals surface area contributed by atoms with Crippen LogP contribution < -0.4 is 10.6 Å². The highest BCUT2D eigenvalue weighted by molar-refractivity contribution is 5.97. The summed E-state index contributed by atoms with van der Waals surface area (Å²) >= 11 is 0. The van der Waals surface area contributed by atoms with E-state index in [1.165, 1.54) is 29.8 Å². The molecule has 1 saturated heterocycles. The monoisotopic (exact) mass is 428 g/mol. The van der Waals surface area contributed by atoms with Crippen LogP contribution in [-0.4, -0.2) is 40.2 Å². The maximum atomic E-state index is 12.0. The molecule has 0 bridgehead atoms. The highest BCUT2D eigenvalue weighted by atomic mass is 16.3. The molecule has 2 aliphatic carbocycles. The van der Waals surface area contributed by atoms with Crippen molar-refractivity contribution >= 4 is 22.5 Å². The summed E-state index contributed by atoms with van der Waals surface area (Å²) in [5, 5.41) is 11.4. The number of nitrogens with zero attached hydrogens (tertiary/aromatic N) is 3. The van der Waals surface area contributed by atoms with Crippen molar-refractivity contribution in [1.29, 1.82) is 0 Å². The van der Waals surface area contributed by atoms with Gasteiger partial charge in [-0.25, -0.2) is 0 Å². The standard InChI is InChI=1S/C26H28N4O2/c27-25(32)26(9-10-26)23-14-17(7-11-28-23)16-5-6-22-20(13-16)24(30-12-8-18(31)15-30)19-3-1-2-4-21(19)29-22/h5-7,11,13-14,18,31H,1-4,8-10,12,15H2,(H2,27,32)/t18-/m0/s1. The van der Waals surface area contributed by atoms with E-state index < -0.39 is 5.41 Å². The van der Waals surface area contributed by atoms with E-state index >= 15 is 0 Å². The van der Waals surface area contributed by atoms with Crippen LogP contribution >= 0.6 is 0 Å². The first-order valence-corrected chi connectivity index (χ1v) is 11.7. The van der Waals surface area contributed by atoms with Gasteiger partial charge >= 0.3 is 0 Å². The molecule has 6 heteroatoms. The molecular formula is C26H28N4O2. The van der Waals surface area contributed by atoms with Crippen LogP contribution in [0, 0.1) is 0 Å². The van der Waals surface area contributed by atoms with Crippen molar-refractivity contribution < 1.29 is 9.90 Å². The molecule has 0 radical (unpaired) electrons. The maximum Gasteiger partial charge on any atom is 0.229 e. The van der Waals surface area contributed by atoms with Gasteiger partial charge in [-0.05, 0) is 85.9 Å². The molecule has 6 nitrogen and oxygen atoms in total. The summed E-state index contributed by atoms with van der Waals surface area (Å²) in [4.78, 5) is 23.9. The van der Waals surface area contributed by atoms with Gasteiger partial charge in [0.25, 0.3) is 0 Å². The van der Waals surface area contributed by atoms with Crippen LogP contribution in [0.5, 0.6) is 0 Å². The fraction of sp³-hybridized carbons (Fsp3) is 0.423. The average Bonchev–Trinajstić information content (AvgIpc) is 3.53. The predicted octanol–water partition coefficient (Wildman–Crippen LogP) is 3.26. The number of carbonyl (C=O) groups is 1. The number of amides is 1. The molecule has 0 spiro atoms. The number of rotatable bonds is 4. The van der Waals surface area contributed by atoms with Crippen LogP contribution in [0.3, 0.4) is 0 Å². The molecule has 1 aromatic carbocycles. The first-order valence-electron chi connectivity index (χ1n) is 11.7. The zero-order valence-electron chi connectivity index (χ0n) is 18.2. The van der Waals surface area contributed by atoms with Crippen molar-refractivity contribution in [3.05, 3.63) is 53.5 Å². The van der Waals surface area contributed by atoms with Crippen LogP contribution in [0.2, 0.25) is 0 Å². The number of primary amides is 1. The van der Waals surface area contributed by atoms with Gasteiger partial charge in [0, 0.05) is 30.4 Å². The summed E-state index contributed by atoms with van der Waals surface area (Å²) in [7, 11) is 0. The smallest absolute Gasteiger partial charge is 0.229 e. The van der Waals surface area contributed by atoms with Crippen LogP contribution in [0.4, 0.5) is 5.69 Å². The largest absolute Gasteiger partial charge is 0.391 e. The number of aryl methyl sites for hydroxylation is 1. The molecule has 0 unspecified atom stereocenters. The van der Waals surface area contributed by atoms with E-state index in [1.54, 1.807) is 6.20 Å². The molecule has 3 aliphatic rings. The molecule has 3 heterocycles. The Bertz CT molecular complexity index is 1230. The molecule has 32 heavy (non-hydrogen) atoms. The lowest BCUT2D eigenvalue weighted by Gasteiger charge is -2.28. The van der Waals surface area contributed by atoms with Crippen molar-refractivity contribution in [2.24, 2.45) is 5.73 Å². The molecule has 1 aliphatic heterocycles. The minimum Gasteiger partial charge on any atom is -0.391 e. The number of hydrogen-bond acceptors (Lipinski definition) is 5. The zero-order chi connectivity index (χ0) is 21.9. The number of β-amino-alcohol motifs (C(OH)–C–C–N with tert-alkyl or cyclic N) is 1. The fourth-order valence-corrected chi connectivity index (χ4v) is 5.51. The summed E-state index contributed by atoms with van der Waals surface area (Å²) in [6.07, 6.45) is 8.31. The van der Waals surface area contributed by atoms with E-state index in [9.17, 15) is 9.90 Å². The van der Waals surface area contributed by atoms with Gasteiger partial charge in [0.05, 0.1) is 28.4 Å². The highest BCUT2D eigenvalue weighted by Crippen LogP contribution is 2.48. The van der Waals surface area contributed by atoms with E-state index in [-0.39, 0.29) is 12.0 Å². The van der Waals surface area contributed by atoms with Crippen LogP contribution in [0.15, 0.2) is 36.5 Å². The first kappa shape index (κ1) is 19.7. The Morgan fingerprint density at radius 3 is 2.69 bits per heavy atom.